The number of carbonyl (C=O) groups is 1. The van der Waals surface area contributed by atoms with Gasteiger partial charge < -0.3 is 10.2 Å². The number of nitrogens with zero attached hydrogens (tertiary/aromatic N) is 1. The second kappa shape index (κ2) is 5.67. The number of nitrogens with one attached hydrogen (secondary N) is 1. The molecule has 1 saturated heterocycles. The van der Waals surface area contributed by atoms with Crippen molar-refractivity contribution in [2.45, 2.75) is 18.9 Å². The minimum Gasteiger partial charge on any atom is -0.310 e. The summed E-state index contributed by atoms with van der Waals surface area (Å²) in [5.41, 5.74) is 0.968. The van der Waals surface area contributed by atoms with Crippen LogP contribution in [0.1, 0.15) is 12.8 Å². The first-order valence-corrected chi connectivity index (χ1v) is 7.44. The number of rotatable bonds is 2. The van der Waals surface area contributed by atoms with Gasteiger partial charge in [-0.2, -0.15) is 0 Å². The predicted molar refractivity (Wildman–Crippen MR) is 81.3 cm³/mol. The van der Waals surface area contributed by atoms with Gasteiger partial charge in [-0.3, -0.25) is 4.79 Å². The maximum Gasteiger partial charge on any atom is 0.244 e. The number of halogens is 2. The number of likely N-dealkylation sites (N-methyl/N-ethyl adjacent to an activating group) is 1. The van der Waals surface area contributed by atoms with Gasteiger partial charge in [0.2, 0.25) is 5.91 Å². The second-order valence-electron chi connectivity index (χ2n) is 4.07. The number of piperidine rings is 1. The van der Waals surface area contributed by atoms with Crippen LogP contribution in [0.25, 0.3) is 0 Å². The van der Waals surface area contributed by atoms with Crippen LogP contribution in [0.5, 0.6) is 0 Å². The van der Waals surface area contributed by atoms with E-state index < -0.39 is 0 Å². The minimum atomic E-state index is -0.0464. The van der Waals surface area contributed by atoms with Gasteiger partial charge in [0, 0.05) is 14.6 Å². The average Bonchev–Trinajstić information content (AvgIpc) is 2.30. The molecule has 92 valence electrons. The lowest BCUT2D eigenvalue weighted by molar-refractivity contribution is -0.121. The van der Waals surface area contributed by atoms with Gasteiger partial charge in [-0.25, -0.2) is 0 Å². The molecule has 0 aromatic heterocycles. The number of amides is 1. The largest absolute Gasteiger partial charge is 0.310 e. The summed E-state index contributed by atoms with van der Waals surface area (Å²) >= 11 is 5.80. The fourth-order valence-electron chi connectivity index (χ4n) is 2.08. The number of carbonyl (C=O) groups excluding carboxylic acids is 1. The highest BCUT2D eigenvalue weighted by atomic mass is 127. The molecule has 17 heavy (non-hydrogen) atoms. The van der Waals surface area contributed by atoms with Crippen molar-refractivity contribution in [2.24, 2.45) is 0 Å². The van der Waals surface area contributed by atoms with E-state index in [0.717, 1.165) is 33.1 Å². The maximum atomic E-state index is 12.2. The van der Waals surface area contributed by atoms with Crippen molar-refractivity contribution in [3.8, 4) is 0 Å². The zero-order valence-electron chi connectivity index (χ0n) is 9.54. The van der Waals surface area contributed by atoms with E-state index in [2.05, 4.69) is 43.8 Å². The van der Waals surface area contributed by atoms with Gasteiger partial charge in [0.05, 0.1) is 11.7 Å². The summed E-state index contributed by atoms with van der Waals surface area (Å²) in [7, 11) is 1.84. The van der Waals surface area contributed by atoms with Crippen LogP contribution in [0.3, 0.4) is 0 Å². The van der Waals surface area contributed by atoms with Crippen molar-refractivity contribution in [1.29, 1.82) is 0 Å². The van der Waals surface area contributed by atoms with Crippen molar-refractivity contribution in [3.63, 3.8) is 0 Å². The van der Waals surface area contributed by atoms with Gasteiger partial charge in [0.25, 0.3) is 0 Å². The summed E-state index contributed by atoms with van der Waals surface area (Å²) in [4.78, 5) is 14.1. The molecule has 1 fully saturated rings. The first-order valence-electron chi connectivity index (χ1n) is 5.57. The van der Waals surface area contributed by atoms with E-state index in [1.165, 1.54) is 0 Å². The summed E-state index contributed by atoms with van der Waals surface area (Å²) < 4.78 is 2.14. The van der Waals surface area contributed by atoms with Gasteiger partial charge in [0.15, 0.2) is 0 Å². The molecule has 1 heterocycles. The number of hydrogen-bond donors (Lipinski definition) is 1. The van der Waals surface area contributed by atoms with E-state index >= 15 is 0 Å². The molecule has 1 atom stereocenters. The molecular weight excluding hydrogens is 395 g/mol. The first kappa shape index (κ1) is 13.3. The first-order chi connectivity index (χ1) is 8.13. The molecule has 0 spiro atoms. The molecule has 0 aliphatic carbocycles. The molecule has 5 heteroatoms. The Morgan fingerprint density at radius 1 is 1.53 bits per heavy atom. The fraction of sp³-hybridized carbons (Fsp3) is 0.417. The van der Waals surface area contributed by atoms with Crippen LogP contribution in [-0.4, -0.2) is 25.5 Å². The van der Waals surface area contributed by atoms with Crippen LogP contribution in [0.4, 0.5) is 5.69 Å². The molecule has 1 aromatic carbocycles. The maximum absolute atomic E-state index is 12.2. The SMILES string of the molecule is CNC1CCCN(c2ccc(I)cc2Br)C1=O. The Hall–Kier alpha value is -0.140. The Morgan fingerprint density at radius 3 is 2.94 bits per heavy atom. The lowest BCUT2D eigenvalue weighted by Crippen LogP contribution is -2.49. The van der Waals surface area contributed by atoms with Crippen LogP contribution in [0.15, 0.2) is 22.7 Å². The fourth-order valence-corrected chi connectivity index (χ4v) is 3.59. The quantitative estimate of drug-likeness (QED) is 0.763. The molecule has 1 unspecified atom stereocenters. The highest BCUT2D eigenvalue weighted by Gasteiger charge is 2.29. The highest BCUT2D eigenvalue weighted by Crippen LogP contribution is 2.30. The van der Waals surface area contributed by atoms with Crippen LogP contribution in [0, 0.1) is 3.57 Å². The van der Waals surface area contributed by atoms with E-state index in [9.17, 15) is 4.79 Å². The molecule has 3 nitrogen and oxygen atoms in total. The lowest BCUT2D eigenvalue weighted by Gasteiger charge is -2.32. The van der Waals surface area contributed by atoms with E-state index in [1.807, 2.05) is 30.1 Å². The van der Waals surface area contributed by atoms with Crippen LogP contribution >= 0.6 is 38.5 Å². The van der Waals surface area contributed by atoms with Crippen molar-refractivity contribution < 1.29 is 4.79 Å². The average molecular weight is 409 g/mol. The molecule has 1 N–H and O–H groups in total. The number of benzene rings is 1. The van der Waals surface area contributed by atoms with E-state index in [0.29, 0.717) is 0 Å². The third-order valence-electron chi connectivity index (χ3n) is 2.99. The second-order valence-corrected chi connectivity index (χ2v) is 6.17. The Morgan fingerprint density at radius 2 is 2.29 bits per heavy atom. The summed E-state index contributed by atoms with van der Waals surface area (Å²) in [6, 6.07) is 6.01. The number of hydrogen-bond acceptors (Lipinski definition) is 2. The summed E-state index contributed by atoms with van der Waals surface area (Å²) in [5.74, 6) is 0.167. The van der Waals surface area contributed by atoms with Gasteiger partial charge in [-0.1, -0.05) is 0 Å². The summed E-state index contributed by atoms with van der Waals surface area (Å²) in [5, 5.41) is 3.08. The summed E-state index contributed by atoms with van der Waals surface area (Å²) in [6.45, 7) is 0.802. The molecule has 0 saturated carbocycles. The normalized spacial score (nSPS) is 20.8. The van der Waals surface area contributed by atoms with E-state index in [1.54, 1.807) is 0 Å². The lowest BCUT2D eigenvalue weighted by atomic mass is 10.0. The Balaban J connectivity index is 2.29. The molecule has 2 rings (SSSR count). The molecule has 0 radical (unpaired) electrons. The molecule has 1 aliphatic rings. The summed E-state index contributed by atoms with van der Waals surface area (Å²) in [6.07, 6.45) is 1.96. The van der Waals surface area contributed by atoms with Crippen LogP contribution in [-0.2, 0) is 4.79 Å². The standard InChI is InChI=1S/C12H14BrIN2O/c1-15-10-3-2-6-16(12(10)17)11-5-4-8(14)7-9(11)13/h4-5,7,10,15H,2-3,6H2,1H3. The van der Waals surface area contributed by atoms with Crippen molar-refractivity contribution in [1.82, 2.24) is 5.32 Å². The van der Waals surface area contributed by atoms with Gasteiger partial charge in [-0.05, 0) is 76.6 Å². The number of anilines is 1. The predicted octanol–water partition coefficient (Wildman–Crippen LogP) is 2.77. The zero-order chi connectivity index (χ0) is 12.4. The van der Waals surface area contributed by atoms with Gasteiger partial charge in [0.1, 0.15) is 0 Å². The Bertz CT molecular complexity index is 439. The monoisotopic (exact) mass is 408 g/mol. The van der Waals surface area contributed by atoms with Gasteiger partial charge in [-0.15, -0.1) is 0 Å². The Kier molecular flexibility index (Phi) is 4.43. The molecule has 0 bridgehead atoms. The zero-order valence-corrected chi connectivity index (χ0v) is 13.3. The van der Waals surface area contributed by atoms with Crippen molar-refractivity contribution in [3.05, 3.63) is 26.2 Å². The third kappa shape index (κ3) is 2.82. The molecule has 1 aliphatic heterocycles. The highest BCUT2D eigenvalue weighted by molar-refractivity contribution is 14.1. The minimum absolute atomic E-state index is 0.0464. The third-order valence-corrected chi connectivity index (χ3v) is 4.29. The smallest absolute Gasteiger partial charge is 0.244 e. The molecule has 1 aromatic rings. The Labute approximate surface area is 123 Å². The topological polar surface area (TPSA) is 32.3 Å². The van der Waals surface area contributed by atoms with Crippen LogP contribution in [0.2, 0.25) is 0 Å². The van der Waals surface area contributed by atoms with E-state index in [4.69, 9.17) is 0 Å². The van der Waals surface area contributed by atoms with Crippen molar-refractivity contribution >= 4 is 50.1 Å². The molecule has 1 amide bonds. The van der Waals surface area contributed by atoms with Crippen molar-refractivity contribution in [2.75, 3.05) is 18.5 Å². The van der Waals surface area contributed by atoms with Gasteiger partial charge >= 0.3 is 0 Å². The molecular formula is C12H14BrIN2O. The van der Waals surface area contributed by atoms with Crippen LogP contribution < -0.4 is 10.2 Å². The van der Waals surface area contributed by atoms with E-state index in [-0.39, 0.29) is 11.9 Å².